The average molecular weight is 306 g/mol. The minimum atomic E-state index is -0.453. The van der Waals surface area contributed by atoms with Gasteiger partial charge in [0.2, 0.25) is 0 Å². The van der Waals surface area contributed by atoms with E-state index in [1.807, 2.05) is 39.0 Å². The molecule has 0 aromatic heterocycles. The SMILES string of the molecule is Cc1cc(CO)ccc1N1CCN(C(=O)OC(C)(C)C)CC1. The lowest BCUT2D eigenvalue weighted by Crippen LogP contribution is -2.50. The molecular weight excluding hydrogens is 280 g/mol. The number of aliphatic hydroxyl groups excluding tert-OH is 1. The third kappa shape index (κ3) is 4.13. The summed E-state index contributed by atoms with van der Waals surface area (Å²) in [5, 5.41) is 9.18. The fourth-order valence-corrected chi connectivity index (χ4v) is 2.63. The van der Waals surface area contributed by atoms with Crippen LogP contribution in [0.25, 0.3) is 0 Å². The molecule has 2 rings (SSSR count). The Bertz CT molecular complexity index is 529. The van der Waals surface area contributed by atoms with Crippen molar-refractivity contribution in [3.05, 3.63) is 29.3 Å². The molecule has 0 bridgehead atoms. The monoisotopic (exact) mass is 306 g/mol. The average Bonchev–Trinajstić information content (AvgIpc) is 2.45. The second-order valence-corrected chi connectivity index (χ2v) is 6.73. The van der Waals surface area contributed by atoms with E-state index in [9.17, 15) is 9.90 Å². The van der Waals surface area contributed by atoms with E-state index in [0.717, 1.165) is 24.2 Å². The zero-order chi connectivity index (χ0) is 16.3. The molecule has 0 aliphatic carbocycles. The molecule has 1 aliphatic rings. The van der Waals surface area contributed by atoms with Crippen molar-refractivity contribution < 1.29 is 14.6 Å². The third-order valence-electron chi connectivity index (χ3n) is 3.72. The number of aliphatic hydroxyl groups is 1. The van der Waals surface area contributed by atoms with Gasteiger partial charge in [-0.15, -0.1) is 0 Å². The normalized spacial score (nSPS) is 15.9. The molecule has 0 spiro atoms. The first-order valence-corrected chi connectivity index (χ1v) is 7.73. The highest BCUT2D eigenvalue weighted by molar-refractivity contribution is 5.68. The van der Waals surface area contributed by atoms with Gasteiger partial charge < -0.3 is 19.6 Å². The molecule has 5 nitrogen and oxygen atoms in total. The lowest BCUT2D eigenvalue weighted by atomic mass is 10.1. The summed E-state index contributed by atoms with van der Waals surface area (Å²) in [4.78, 5) is 16.1. The molecule has 22 heavy (non-hydrogen) atoms. The molecule has 0 unspecified atom stereocenters. The van der Waals surface area contributed by atoms with E-state index < -0.39 is 5.60 Å². The molecule has 1 aliphatic heterocycles. The smallest absolute Gasteiger partial charge is 0.410 e. The number of ether oxygens (including phenoxy) is 1. The van der Waals surface area contributed by atoms with Crippen LogP contribution in [0.4, 0.5) is 10.5 Å². The highest BCUT2D eigenvalue weighted by Gasteiger charge is 2.26. The number of carbonyl (C=O) groups is 1. The van der Waals surface area contributed by atoms with Crippen molar-refractivity contribution in [1.82, 2.24) is 4.90 Å². The summed E-state index contributed by atoms with van der Waals surface area (Å²) in [5.41, 5.74) is 2.79. The predicted molar refractivity (Wildman–Crippen MR) is 87.1 cm³/mol. The van der Waals surface area contributed by atoms with Crippen molar-refractivity contribution in [2.75, 3.05) is 31.1 Å². The van der Waals surface area contributed by atoms with Gasteiger partial charge in [-0.3, -0.25) is 0 Å². The van der Waals surface area contributed by atoms with E-state index in [4.69, 9.17) is 4.74 Å². The van der Waals surface area contributed by atoms with Crippen molar-refractivity contribution in [3.63, 3.8) is 0 Å². The van der Waals surface area contributed by atoms with E-state index >= 15 is 0 Å². The van der Waals surface area contributed by atoms with Crippen molar-refractivity contribution in [3.8, 4) is 0 Å². The summed E-state index contributed by atoms with van der Waals surface area (Å²) in [6, 6.07) is 6.00. The molecule has 122 valence electrons. The minimum absolute atomic E-state index is 0.0630. The Labute approximate surface area is 132 Å². The van der Waals surface area contributed by atoms with Gasteiger partial charge >= 0.3 is 6.09 Å². The van der Waals surface area contributed by atoms with Crippen LogP contribution < -0.4 is 4.90 Å². The summed E-state index contributed by atoms with van der Waals surface area (Å²) in [6.45, 7) is 10.7. The van der Waals surface area contributed by atoms with Crippen molar-refractivity contribution >= 4 is 11.8 Å². The van der Waals surface area contributed by atoms with Gasteiger partial charge in [0.15, 0.2) is 0 Å². The molecule has 1 aromatic carbocycles. The number of carbonyl (C=O) groups excluding carboxylic acids is 1. The number of aryl methyl sites for hydroxylation is 1. The minimum Gasteiger partial charge on any atom is -0.444 e. The Morgan fingerprint density at radius 2 is 1.86 bits per heavy atom. The second-order valence-electron chi connectivity index (χ2n) is 6.73. The van der Waals surface area contributed by atoms with Crippen molar-refractivity contribution in [2.24, 2.45) is 0 Å². The van der Waals surface area contributed by atoms with Crippen LogP contribution in [-0.4, -0.2) is 47.9 Å². The predicted octanol–water partition coefficient (Wildman–Crippen LogP) is 2.54. The van der Waals surface area contributed by atoms with Gasteiger partial charge in [0.05, 0.1) is 6.61 Å². The molecule has 1 fully saturated rings. The number of nitrogens with zero attached hydrogens (tertiary/aromatic N) is 2. The van der Waals surface area contributed by atoms with Crippen LogP contribution in [-0.2, 0) is 11.3 Å². The topological polar surface area (TPSA) is 53.0 Å². The van der Waals surface area contributed by atoms with Gasteiger partial charge in [-0.2, -0.15) is 0 Å². The number of piperazine rings is 1. The van der Waals surface area contributed by atoms with E-state index in [1.165, 1.54) is 5.69 Å². The van der Waals surface area contributed by atoms with Crippen LogP contribution in [0.2, 0.25) is 0 Å². The number of anilines is 1. The van der Waals surface area contributed by atoms with Crippen LogP contribution in [0, 0.1) is 6.92 Å². The Morgan fingerprint density at radius 3 is 2.36 bits per heavy atom. The third-order valence-corrected chi connectivity index (χ3v) is 3.72. The van der Waals surface area contributed by atoms with Gasteiger partial charge in [-0.05, 0) is 44.9 Å². The summed E-state index contributed by atoms with van der Waals surface area (Å²) in [6.07, 6.45) is -0.237. The Kier molecular flexibility index (Phi) is 4.96. The molecular formula is C17H26N2O3. The van der Waals surface area contributed by atoms with Gasteiger partial charge in [0, 0.05) is 31.9 Å². The fourth-order valence-electron chi connectivity index (χ4n) is 2.63. The molecule has 5 heteroatoms. The lowest BCUT2D eigenvalue weighted by Gasteiger charge is -2.37. The maximum atomic E-state index is 12.1. The molecule has 1 N–H and O–H groups in total. The van der Waals surface area contributed by atoms with Gasteiger partial charge in [-0.25, -0.2) is 4.79 Å². The Balaban J connectivity index is 1.96. The number of hydrogen-bond donors (Lipinski definition) is 1. The van der Waals surface area contributed by atoms with Crippen LogP contribution in [0.1, 0.15) is 31.9 Å². The molecule has 0 radical (unpaired) electrons. The first-order chi connectivity index (χ1) is 10.3. The molecule has 1 amide bonds. The molecule has 1 aromatic rings. The second kappa shape index (κ2) is 6.57. The number of amides is 1. The number of rotatable bonds is 2. The van der Waals surface area contributed by atoms with E-state index in [-0.39, 0.29) is 12.7 Å². The van der Waals surface area contributed by atoms with Crippen LogP contribution in [0.5, 0.6) is 0 Å². The highest BCUT2D eigenvalue weighted by Crippen LogP contribution is 2.23. The summed E-state index contributed by atoms with van der Waals surface area (Å²) < 4.78 is 5.41. The number of benzene rings is 1. The Morgan fingerprint density at radius 1 is 1.23 bits per heavy atom. The van der Waals surface area contributed by atoms with Crippen molar-refractivity contribution in [2.45, 2.75) is 39.9 Å². The van der Waals surface area contributed by atoms with E-state index in [2.05, 4.69) is 11.8 Å². The van der Waals surface area contributed by atoms with Crippen LogP contribution >= 0.6 is 0 Å². The van der Waals surface area contributed by atoms with Crippen LogP contribution in [0.15, 0.2) is 18.2 Å². The Hall–Kier alpha value is -1.75. The zero-order valence-electron chi connectivity index (χ0n) is 13.9. The largest absolute Gasteiger partial charge is 0.444 e. The lowest BCUT2D eigenvalue weighted by molar-refractivity contribution is 0.0240. The molecule has 1 heterocycles. The molecule has 0 saturated carbocycles. The molecule has 1 saturated heterocycles. The van der Waals surface area contributed by atoms with E-state index in [1.54, 1.807) is 4.90 Å². The van der Waals surface area contributed by atoms with Gasteiger partial charge in [-0.1, -0.05) is 12.1 Å². The maximum Gasteiger partial charge on any atom is 0.410 e. The van der Waals surface area contributed by atoms with E-state index in [0.29, 0.717) is 13.1 Å². The first-order valence-electron chi connectivity index (χ1n) is 7.73. The van der Waals surface area contributed by atoms with Crippen LogP contribution in [0.3, 0.4) is 0 Å². The standard InChI is InChI=1S/C17H26N2O3/c1-13-11-14(12-20)5-6-15(13)18-7-9-19(10-8-18)16(21)22-17(2,3)4/h5-6,11,20H,7-10,12H2,1-4H3. The quantitative estimate of drug-likeness (QED) is 0.912. The molecule has 0 atom stereocenters. The van der Waals surface area contributed by atoms with Crippen molar-refractivity contribution in [1.29, 1.82) is 0 Å². The number of hydrogen-bond acceptors (Lipinski definition) is 4. The maximum absolute atomic E-state index is 12.1. The summed E-state index contributed by atoms with van der Waals surface area (Å²) in [7, 11) is 0. The summed E-state index contributed by atoms with van der Waals surface area (Å²) >= 11 is 0. The summed E-state index contributed by atoms with van der Waals surface area (Å²) in [5.74, 6) is 0. The van der Waals surface area contributed by atoms with Gasteiger partial charge in [0.25, 0.3) is 0 Å². The fraction of sp³-hybridized carbons (Fsp3) is 0.588. The first kappa shape index (κ1) is 16.6. The van der Waals surface area contributed by atoms with Gasteiger partial charge in [0.1, 0.15) is 5.60 Å². The highest BCUT2D eigenvalue weighted by atomic mass is 16.6. The zero-order valence-corrected chi connectivity index (χ0v) is 13.9.